The molecule has 1 heterocycles. The molecule has 0 bridgehead atoms. The zero-order chi connectivity index (χ0) is 15.7. The van der Waals surface area contributed by atoms with E-state index in [9.17, 15) is 13.2 Å². The van der Waals surface area contributed by atoms with Crippen LogP contribution in [0.1, 0.15) is 52.4 Å². The van der Waals surface area contributed by atoms with Crippen LogP contribution in [0, 0.1) is 5.41 Å². The Bertz CT molecular complexity index is 483. The number of nitrogens with two attached hydrogens (primary N) is 1. The second kappa shape index (κ2) is 6.24. The van der Waals surface area contributed by atoms with Crippen LogP contribution < -0.4 is 5.73 Å². The van der Waals surface area contributed by atoms with Gasteiger partial charge < -0.3 is 10.6 Å². The largest absolute Gasteiger partial charge is 0.338 e. The van der Waals surface area contributed by atoms with Crippen LogP contribution in [0.5, 0.6) is 0 Å². The van der Waals surface area contributed by atoms with Crippen LogP contribution in [0.15, 0.2) is 0 Å². The lowest BCUT2D eigenvalue weighted by molar-refractivity contribution is -0.136. The number of hydrogen-bond acceptors (Lipinski definition) is 4. The van der Waals surface area contributed by atoms with E-state index < -0.39 is 15.1 Å². The summed E-state index contributed by atoms with van der Waals surface area (Å²) in [5, 5.41) is -0.476. The smallest absolute Gasteiger partial charge is 0.223 e. The highest BCUT2D eigenvalue weighted by Crippen LogP contribution is 2.39. The summed E-state index contributed by atoms with van der Waals surface area (Å²) in [4.78, 5) is 14.4. The van der Waals surface area contributed by atoms with Crippen molar-refractivity contribution < 1.29 is 13.2 Å². The van der Waals surface area contributed by atoms with E-state index >= 15 is 0 Å². The number of carbonyl (C=O) groups excluding carboxylic acids is 1. The van der Waals surface area contributed by atoms with E-state index in [0.717, 1.165) is 25.7 Å². The molecule has 1 amide bonds. The van der Waals surface area contributed by atoms with E-state index in [4.69, 9.17) is 5.73 Å². The van der Waals surface area contributed by atoms with Crippen LogP contribution in [-0.4, -0.2) is 49.4 Å². The first kappa shape index (κ1) is 16.7. The summed E-state index contributed by atoms with van der Waals surface area (Å²) in [5.74, 6) is 0.163. The average Bonchev–Trinajstić information content (AvgIpc) is 2.46. The molecule has 0 aromatic rings. The Morgan fingerprint density at radius 1 is 1.24 bits per heavy atom. The highest BCUT2D eigenvalue weighted by Gasteiger charge is 2.41. The molecule has 2 fully saturated rings. The third-order valence-corrected chi connectivity index (χ3v) is 7.83. The maximum atomic E-state index is 12.7. The topological polar surface area (TPSA) is 80.5 Å². The van der Waals surface area contributed by atoms with E-state index in [0.29, 0.717) is 19.5 Å². The van der Waals surface area contributed by atoms with Crippen LogP contribution in [0.2, 0.25) is 0 Å². The molecule has 0 radical (unpaired) electrons. The summed E-state index contributed by atoms with van der Waals surface area (Å²) >= 11 is 0. The van der Waals surface area contributed by atoms with E-state index in [2.05, 4.69) is 0 Å². The third kappa shape index (κ3) is 3.42. The Hall–Kier alpha value is -0.620. The first-order chi connectivity index (χ1) is 9.81. The third-order valence-electron chi connectivity index (χ3n) is 5.55. The molecule has 0 aromatic heterocycles. The summed E-state index contributed by atoms with van der Waals surface area (Å²) in [6, 6.07) is -0.241. The van der Waals surface area contributed by atoms with Gasteiger partial charge >= 0.3 is 0 Å². The summed E-state index contributed by atoms with van der Waals surface area (Å²) in [6.07, 6.45) is 6.03. The molecule has 1 aliphatic carbocycles. The fraction of sp³-hybridized carbons (Fsp3) is 0.933. The Labute approximate surface area is 128 Å². The lowest BCUT2D eigenvalue weighted by Crippen LogP contribution is -2.55. The van der Waals surface area contributed by atoms with Crippen molar-refractivity contribution in [3.8, 4) is 0 Å². The Kier molecular flexibility index (Phi) is 4.98. The van der Waals surface area contributed by atoms with Gasteiger partial charge in [-0.2, -0.15) is 0 Å². The van der Waals surface area contributed by atoms with Crippen LogP contribution in [-0.2, 0) is 14.6 Å². The molecule has 1 saturated carbocycles. The van der Waals surface area contributed by atoms with Gasteiger partial charge in [0.15, 0.2) is 9.84 Å². The van der Waals surface area contributed by atoms with Crippen LogP contribution in [0.25, 0.3) is 0 Å². The van der Waals surface area contributed by atoms with Gasteiger partial charge in [-0.1, -0.05) is 19.3 Å². The minimum Gasteiger partial charge on any atom is -0.338 e. The second-order valence-corrected chi connectivity index (χ2v) is 9.32. The number of hydrogen-bond donors (Lipinski definition) is 1. The van der Waals surface area contributed by atoms with E-state index in [1.807, 2.05) is 6.92 Å². The molecule has 0 aromatic carbocycles. The second-order valence-electron chi connectivity index (χ2n) is 6.84. The number of sulfone groups is 1. The van der Waals surface area contributed by atoms with Crippen molar-refractivity contribution in [2.75, 3.05) is 18.8 Å². The molecule has 2 N–H and O–H groups in total. The molecule has 2 aliphatic rings. The standard InChI is InChI=1S/C15H28N2O3S/c1-12-13(2)21(19,20)9-8-17(12)14(18)10-15(11-16)6-4-3-5-7-15/h12-13H,3-11,16H2,1-2H3. The molecule has 0 spiro atoms. The summed E-state index contributed by atoms with van der Waals surface area (Å²) < 4.78 is 23.8. The minimum atomic E-state index is -3.05. The van der Waals surface area contributed by atoms with Gasteiger partial charge in [0, 0.05) is 19.0 Å². The van der Waals surface area contributed by atoms with Gasteiger partial charge in [0.2, 0.25) is 5.91 Å². The minimum absolute atomic E-state index is 0.0609. The molecule has 2 unspecified atom stereocenters. The highest BCUT2D eigenvalue weighted by molar-refractivity contribution is 7.92. The molecule has 2 atom stereocenters. The van der Waals surface area contributed by atoms with Gasteiger partial charge in [0.1, 0.15) is 0 Å². The van der Waals surface area contributed by atoms with Crippen molar-refractivity contribution >= 4 is 15.7 Å². The monoisotopic (exact) mass is 316 g/mol. The zero-order valence-corrected chi connectivity index (χ0v) is 14.0. The van der Waals surface area contributed by atoms with Gasteiger partial charge in [-0.15, -0.1) is 0 Å². The Morgan fingerprint density at radius 3 is 2.43 bits per heavy atom. The van der Waals surface area contributed by atoms with E-state index in [-0.39, 0.29) is 23.1 Å². The Balaban J connectivity index is 2.06. The van der Waals surface area contributed by atoms with Crippen molar-refractivity contribution in [3.05, 3.63) is 0 Å². The molecule has 6 heteroatoms. The van der Waals surface area contributed by atoms with Crippen LogP contribution >= 0.6 is 0 Å². The SMILES string of the molecule is CC1C(C)S(=O)(=O)CCN1C(=O)CC1(CN)CCCCC1. The maximum Gasteiger partial charge on any atom is 0.223 e. The molecule has 2 rings (SSSR count). The lowest BCUT2D eigenvalue weighted by Gasteiger charge is -2.41. The molecule has 1 aliphatic heterocycles. The quantitative estimate of drug-likeness (QED) is 0.851. The van der Waals surface area contributed by atoms with Crippen LogP contribution in [0.4, 0.5) is 0 Å². The van der Waals surface area contributed by atoms with Gasteiger partial charge in [-0.25, -0.2) is 8.42 Å². The van der Waals surface area contributed by atoms with Gasteiger partial charge in [-0.05, 0) is 38.6 Å². The molecular weight excluding hydrogens is 288 g/mol. The average molecular weight is 316 g/mol. The molecule has 5 nitrogen and oxygen atoms in total. The number of nitrogens with zero attached hydrogens (tertiary/aromatic N) is 1. The van der Waals surface area contributed by atoms with E-state index in [1.165, 1.54) is 6.42 Å². The normalized spacial score (nSPS) is 31.9. The molecule has 21 heavy (non-hydrogen) atoms. The van der Waals surface area contributed by atoms with Crippen molar-refractivity contribution in [1.82, 2.24) is 4.90 Å². The summed E-state index contributed by atoms with van der Waals surface area (Å²) in [7, 11) is -3.05. The van der Waals surface area contributed by atoms with Crippen LogP contribution in [0.3, 0.4) is 0 Å². The molecule has 1 saturated heterocycles. The van der Waals surface area contributed by atoms with Gasteiger partial charge in [0.05, 0.1) is 11.0 Å². The fourth-order valence-electron chi connectivity index (χ4n) is 3.70. The number of amides is 1. The van der Waals surface area contributed by atoms with Gasteiger partial charge in [0.25, 0.3) is 0 Å². The predicted octanol–water partition coefficient (Wildman–Crippen LogP) is 1.32. The molecule has 122 valence electrons. The lowest BCUT2D eigenvalue weighted by atomic mass is 9.71. The first-order valence-electron chi connectivity index (χ1n) is 8.02. The zero-order valence-electron chi connectivity index (χ0n) is 13.2. The highest BCUT2D eigenvalue weighted by atomic mass is 32.2. The maximum absolute atomic E-state index is 12.7. The fourth-order valence-corrected chi connectivity index (χ4v) is 5.27. The molecular formula is C15H28N2O3S. The Morgan fingerprint density at radius 2 is 1.86 bits per heavy atom. The van der Waals surface area contributed by atoms with Crippen molar-refractivity contribution in [2.45, 2.75) is 63.7 Å². The predicted molar refractivity (Wildman–Crippen MR) is 83.6 cm³/mol. The summed E-state index contributed by atoms with van der Waals surface area (Å²) in [6.45, 7) is 4.43. The van der Waals surface area contributed by atoms with E-state index in [1.54, 1.807) is 11.8 Å². The van der Waals surface area contributed by atoms with Gasteiger partial charge in [-0.3, -0.25) is 4.79 Å². The number of rotatable bonds is 3. The van der Waals surface area contributed by atoms with Crippen molar-refractivity contribution in [1.29, 1.82) is 0 Å². The summed E-state index contributed by atoms with van der Waals surface area (Å²) in [5.41, 5.74) is 5.89. The number of carbonyl (C=O) groups is 1. The first-order valence-corrected chi connectivity index (χ1v) is 9.74. The van der Waals surface area contributed by atoms with Crippen molar-refractivity contribution in [3.63, 3.8) is 0 Å². The van der Waals surface area contributed by atoms with Crippen molar-refractivity contribution in [2.24, 2.45) is 11.1 Å².